The fourth-order valence-electron chi connectivity index (χ4n) is 3.57. The van der Waals surface area contributed by atoms with Gasteiger partial charge in [-0.2, -0.15) is 0 Å². The van der Waals surface area contributed by atoms with Crippen LogP contribution in [0.3, 0.4) is 0 Å². The summed E-state index contributed by atoms with van der Waals surface area (Å²) in [6.07, 6.45) is 4.05. The van der Waals surface area contributed by atoms with Crippen LogP contribution in [0, 0.1) is 0 Å². The number of aromatic nitrogens is 3. The van der Waals surface area contributed by atoms with Crippen molar-refractivity contribution in [1.82, 2.24) is 20.1 Å². The first-order valence-corrected chi connectivity index (χ1v) is 11.0. The van der Waals surface area contributed by atoms with Gasteiger partial charge in [-0.3, -0.25) is 9.59 Å². The lowest BCUT2D eigenvalue weighted by Gasteiger charge is -2.17. The number of allylic oxidation sites excluding steroid dienone is 1. The zero-order valence-electron chi connectivity index (χ0n) is 17.2. The van der Waals surface area contributed by atoms with Gasteiger partial charge in [0.1, 0.15) is 0 Å². The van der Waals surface area contributed by atoms with Gasteiger partial charge in [-0.25, -0.2) is 0 Å². The maximum Gasteiger partial charge on any atom is 0.287 e. The van der Waals surface area contributed by atoms with E-state index in [4.69, 9.17) is 4.42 Å². The summed E-state index contributed by atoms with van der Waals surface area (Å²) in [6.45, 7) is 6.78. The molecule has 160 valence electrons. The first-order valence-electron chi connectivity index (χ1n) is 9.98. The molecule has 0 bridgehead atoms. The van der Waals surface area contributed by atoms with E-state index in [1.807, 2.05) is 34.6 Å². The number of rotatable bonds is 8. The molecule has 0 aliphatic carbocycles. The van der Waals surface area contributed by atoms with Gasteiger partial charge in [0.25, 0.3) is 5.91 Å². The van der Waals surface area contributed by atoms with E-state index in [-0.39, 0.29) is 23.3 Å². The number of nitrogens with one attached hydrogen (secondary N) is 1. The van der Waals surface area contributed by atoms with Gasteiger partial charge in [0, 0.05) is 18.8 Å². The van der Waals surface area contributed by atoms with Crippen molar-refractivity contribution in [1.29, 1.82) is 0 Å². The molecule has 0 fully saturated rings. The molecule has 1 aromatic carbocycles. The third-order valence-corrected chi connectivity index (χ3v) is 6.00. The molecule has 31 heavy (non-hydrogen) atoms. The van der Waals surface area contributed by atoms with E-state index in [1.54, 1.807) is 18.2 Å². The van der Waals surface area contributed by atoms with Gasteiger partial charge >= 0.3 is 0 Å². The molecule has 9 heteroatoms. The number of nitrogens with zero attached hydrogens (tertiary/aromatic N) is 4. The number of hydrogen-bond donors (Lipinski definition) is 1. The minimum atomic E-state index is -0.402. The van der Waals surface area contributed by atoms with Gasteiger partial charge < -0.3 is 19.2 Å². The summed E-state index contributed by atoms with van der Waals surface area (Å²) in [7, 11) is 0. The molecule has 4 rings (SSSR count). The highest BCUT2D eigenvalue weighted by Gasteiger charge is 2.25. The summed E-state index contributed by atoms with van der Waals surface area (Å²) in [4.78, 5) is 26.9. The Hall–Kier alpha value is -3.33. The van der Waals surface area contributed by atoms with Crippen molar-refractivity contribution in [3.63, 3.8) is 0 Å². The molecule has 2 amide bonds. The Kier molecular flexibility index (Phi) is 6.22. The number of carbonyl (C=O) groups is 2. The normalized spacial score (nSPS) is 13.6. The lowest BCUT2D eigenvalue weighted by molar-refractivity contribution is -0.116. The number of amides is 2. The van der Waals surface area contributed by atoms with E-state index in [0.29, 0.717) is 24.1 Å². The molecule has 0 saturated carbocycles. The van der Waals surface area contributed by atoms with Gasteiger partial charge in [-0.05, 0) is 37.1 Å². The fourth-order valence-corrected chi connectivity index (χ4v) is 4.40. The second-order valence-corrected chi connectivity index (χ2v) is 8.07. The summed E-state index contributed by atoms with van der Waals surface area (Å²) in [5.74, 6) is 0.761. The molecule has 0 radical (unpaired) electrons. The molecular weight excluding hydrogens is 414 g/mol. The SMILES string of the molecule is C=CCn1c(SCC(=O)N2CCc3ccccc32)nnc1C(C)NC(=O)c1ccco1. The van der Waals surface area contributed by atoms with Crippen LogP contribution in [-0.2, 0) is 17.8 Å². The number of para-hydroxylation sites is 1. The molecule has 0 spiro atoms. The van der Waals surface area contributed by atoms with Crippen molar-refractivity contribution < 1.29 is 14.0 Å². The average Bonchev–Trinajstić information content (AvgIpc) is 3.52. The van der Waals surface area contributed by atoms with E-state index < -0.39 is 6.04 Å². The Morgan fingerprint density at radius 1 is 1.29 bits per heavy atom. The predicted octanol–water partition coefficient (Wildman–Crippen LogP) is 3.23. The summed E-state index contributed by atoms with van der Waals surface area (Å²) >= 11 is 1.33. The Morgan fingerprint density at radius 2 is 2.13 bits per heavy atom. The van der Waals surface area contributed by atoms with Crippen LogP contribution in [0.1, 0.15) is 34.9 Å². The van der Waals surface area contributed by atoms with Crippen LogP contribution in [-0.4, -0.2) is 38.9 Å². The van der Waals surface area contributed by atoms with Crippen LogP contribution >= 0.6 is 11.8 Å². The number of benzene rings is 1. The van der Waals surface area contributed by atoms with Gasteiger partial charge in [0.05, 0.1) is 18.1 Å². The van der Waals surface area contributed by atoms with Crippen molar-refractivity contribution in [2.24, 2.45) is 0 Å². The van der Waals surface area contributed by atoms with Gasteiger partial charge in [-0.15, -0.1) is 16.8 Å². The first-order chi connectivity index (χ1) is 15.1. The average molecular weight is 438 g/mol. The standard InChI is InChI=1S/C22H23N5O3S/c1-3-11-27-20(15(2)23-21(29)18-9-6-13-30-18)24-25-22(27)31-14-19(28)26-12-10-16-7-4-5-8-17(16)26/h3-9,13,15H,1,10-12,14H2,2H3,(H,23,29). The third kappa shape index (κ3) is 4.41. The predicted molar refractivity (Wildman–Crippen MR) is 118 cm³/mol. The molecular formula is C22H23N5O3S. The Morgan fingerprint density at radius 3 is 2.90 bits per heavy atom. The van der Waals surface area contributed by atoms with Crippen LogP contribution in [0.15, 0.2) is 64.9 Å². The molecule has 0 saturated heterocycles. The van der Waals surface area contributed by atoms with E-state index in [1.165, 1.54) is 23.6 Å². The van der Waals surface area contributed by atoms with Gasteiger partial charge in [0.2, 0.25) is 5.91 Å². The number of anilines is 1. The number of thioether (sulfide) groups is 1. The monoisotopic (exact) mass is 437 g/mol. The van der Waals surface area contributed by atoms with Crippen LogP contribution in [0.4, 0.5) is 5.69 Å². The Bertz CT molecular complexity index is 1090. The zero-order chi connectivity index (χ0) is 21.8. The molecule has 1 aliphatic rings. The van der Waals surface area contributed by atoms with Crippen molar-refractivity contribution in [3.05, 3.63) is 72.5 Å². The maximum atomic E-state index is 12.8. The zero-order valence-corrected chi connectivity index (χ0v) is 18.0. The molecule has 8 nitrogen and oxygen atoms in total. The minimum Gasteiger partial charge on any atom is -0.459 e. The molecule has 1 aliphatic heterocycles. The van der Waals surface area contributed by atoms with E-state index >= 15 is 0 Å². The minimum absolute atomic E-state index is 0.0313. The fraction of sp³-hybridized carbons (Fsp3) is 0.273. The molecule has 1 unspecified atom stereocenters. The van der Waals surface area contributed by atoms with E-state index in [2.05, 4.69) is 28.2 Å². The third-order valence-electron chi connectivity index (χ3n) is 5.05. The van der Waals surface area contributed by atoms with Crippen molar-refractivity contribution in [2.45, 2.75) is 31.1 Å². The lowest BCUT2D eigenvalue weighted by atomic mass is 10.2. The highest BCUT2D eigenvalue weighted by molar-refractivity contribution is 7.99. The number of hydrogen-bond acceptors (Lipinski definition) is 6. The second-order valence-electron chi connectivity index (χ2n) is 7.13. The number of fused-ring (bicyclic) bond motifs is 1. The summed E-state index contributed by atoms with van der Waals surface area (Å²) in [5.41, 5.74) is 2.18. The summed E-state index contributed by atoms with van der Waals surface area (Å²) in [5, 5.41) is 12.0. The number of furan rings is 1. The summed E-state index contributed by atoms with van der Waals surface area (Å²) in [6, 6.07) is 10.8. The molecule has 3 aromatic rings. The van der Waals surface area contributed by atoms with Crippen LogP contribution < -0.4 is 10.2 Å². The van der Waals surface area contributed by atoms with Crippen LogP contribution in [0.25, 0.3) is 0 Å². The van der Waals surface area contributed by atoms with Crippen molar-refractivity contribution in [3.8, 4) is 0 Å². The molecule has 1 N–H and O–H groups in total. The van der Waals surface area contributed by atoms with Crippen molar-refractivity contribution in [2.75, 3.05) is 17.2 Å². The lowest BCUT2D eigenvalue weighted by Crippen LogP contribution is -2.30. The van der Waals surface area contributed by atoms with Gasteiger partial charge in [0.15, 0.2) is 16.7 Å². The van der Waals surface area contributed by atoms with Gasteiger partial charge in [-0.1, -0.05) is 36.0 Å². The molecule has 2 aromatic heterocycles. The first kappa shape index (κ1) is 20.9. The Labute approximate surface area is 184 Å². The second kappa shape index (κ2) is 9.22. The number of carbonyl (C=O) groups excluding carboxylic acids is 2. The maximum absolute atomic E-state index is 12.8. The molecule has 3 heterocycles. The topological polar surface area (TPSA) is 93.3 Å². The highest BCUT2D eigenvalue weighted by atomic mass is 32.2. The van der Waals surface area contributed by atoms with Crippen LogP contribution in [0.2, 0.25) is 0 Å². The highest BCUT2D eigenvalue weighted by Crippen LogP contribution is 2.29. The smallest absolute Gasteiger partial charge is 0.287 e. The summed E-state index contributed by atoms with van der Waals surface area (Å²) < 4.78 is 6.99. The largest absolute Gasteiger partial charge is 0.459 e. The van der Waals surface area contributed by atoms with E-state index in [9.17, 15) is 9.59 Å². The Balaban J connectivity index is 1.44. The van der Waals surface area contributed by atoms with Crippen molar-refractivity contribution >= 4 is 29.3 Å². The van der Waals surface area contributed by atoms with Crippen LogP contribution in [0.5, 0.6) is 0 Å². The quantitative estimate of drug-likeness (QED) is 0.430. The van der Waals surface area contributed by atoms with E-state index in [0.717, 1.165) is 12.1 Å². The molecule has 1 atom stereocenters.